The lowest BCUT2D eigenvalue weighted by molar-refractivity contribution is -0.133. The summed E-state index contributed by atoms with van der Waals surface area (Å²) in [6.45, 7) is 1.02. The zero-order valence-electron chi connectivity index (χ0n) is 14.3. The van der Waals surface area contributed by atoms with Crippen LogP contribution in [0.5, 0.6) is 0 Å². The van der Waals surface area contributed by atoms with Gasteiger partial charge in [-0.15, -0.1) is 11.3 Å². The van der Waals surface area contributed by atoms with Crippen molar-refractivity contribution in [2.75, 3.05) is 18.4 Å². The summed E-state index contributed by atoms with van der Waals surface area (Å²) >= 11 is 7.86. The maximum atomic E-state index is 12.9. The first-order valence-electron chi connectivity index (χ1n) is 8.86. The Labute approximate surface area is 161 Å². The highest BCUT2D eigenvalue weighted by Crippen LogP contribution is 2.35. The highest BCUT2D eigenvalue weighted by molar-refractivity contribution is 7.18. The number of rotatable bonds is 4. The molecule has 4 rings (SSSR count). The molecule has 0 unspecified atom stereocenters. The van der Waals surface area contributed by atoms with E-state index < -0.39 is 0 Å². The number of anilines is 1. The highest BCUT2D eigenvalue weighted by atomic mass is 35.5. The summed E-state index contributed by atoms with van der Waals surface area (Å²) < 4.78 is 1.18. The highest BCUT2D eigenvalue weighted by Gasteiger charge is 2.30. The normalized spacial score (nSPS) is 17.4. The van der Waals surface area contributed by atoms with Gasteiger partial charge in [0.25, 0.3) is 0 Å². The predicted molar refractivity (Wildman–Crippen MR) is 108 cm³/mol. The van der Waals surface area contributed by atoms with E-state index in [9.17, 15) is 4.79 Å². The summed E-state index contributed by atoms with van der Waals surface area (Å²) in [6, 6.07) is 15.7. The van der Waals surface area contributed by atoms with Crippen LogP contribution in [-0.4, -0.2) is 28.9 Å². The van der Waals surface area contributed by atoms with E-state index in [1.165, 1.54) is 4.70 Å². The van der Waals surface area contributed by atoms with Crippen LogP contribution in [0, 0.1) is 0 Å². The number of amides is 1. The van der Waals surface area contributed by atoms with Crippen LogP contribution in [-0.2, 0) is 4.79 Å². The number of hydrogen-bond donors (Lipinski definition) is 1. The topological polar surface area (TPSA) is 45.2 Å². The van der Waals surface area contributed by atoms with Crippen LogP contribution in [0.1, 0.15) is 30.3 Å². The molecule has 4 nitrogen and oxygen atoms in total. The number of fused-ring (bicyclic) bond motifs is 1. The monoisotopic (exact) mass is 385 g/mol. The molecular weight excluding hydrogens is 366 g/mol. The van der Waals surface area contributed by atoms with Crippen molar-refractivity contribution in [3.63, 3.8) is 0 Å². The summed E-state index contributed by atoms with van der Waals surface area (Å²) in [5, 5.41) is 4.83. The Balaban J connectivity index is 1.51. The van der Waals surface area contributed by atoms with Crippen molar-refractivity contribution in [2.45, 2.75) is 25.3 Å². The molecule has 3 aromatic rings. The average Bonchev–Trinajstić information content (AvgIpc) is 3.11. The summed E-state index contributed by atoms with van der Waals surface area (Å²) in [7, 11) is 0. The summed E-state index contributed by atoms with van der Waals surface area (Å²) in [5.41, 5.74) is 1.80. The molecular formula is C20H20ClN3OS. The van der Waals surface area contributed by atoms with E-state index in [-0.39, 0.29) is 18.5 Å². The molecule has 0 radical (unpaired) electrons. The second kappa shape index (κ2) is 7.64. The molecule has 0 aliphatic carbocycles. The van der Waals surface area contributed by atoms with Gasteiger partial charge in [0.2, 0.25) is 5.91 Å². The zero-order valence-corrected chi connectivity index (χ0v) is 15.9. The Morgan fingerprint density at radius 1 is 1.19 bits per heavy atom. The van der Waals surface area contributed by atoms with E-state index in [1.54, 1.807) is 11.3 Å². The minimum atomic E-state index is 0.0710. The van der Waals surface area contributed by atoms with E-state index in [0.29, 0.717) is 5.02 Å². The van der Waals surface area contributed by atoms with Crippen molar-refractivity contribution in [2.24, 2.45) is 0 Å². The number of aromatic nitrogens is 1. The quantitative estimate of drug-likeness (QED) is 0.678. The lowest BCUT2D eigenvalue weighted by Gasteiger charge is -2.34. The Morgan fingerprint density at radius 3 is 2.85 bits per heavy atom. The van der Waals surface area contributed by atoms with Gasteiger partial charge in [-0.3, -0.25) is 4.79 Å². The Bertz CT molecular complexity index is 893. The molecule has 0 bridgehead atoms. The number of carbonyl (C=O) groups excluding carboxylic acids is 1. The third-order valence-electron chi connectivity index (χ3n) is 4.72. The smallest absolute Gasteiger partial charge is 0.242 e. The number of nitrogens with one attached hydrogen (secondary N) is 1. The van der Waals surface area contributed by atoms with Crippen LogP contribution in [0.2, 0.25) is 5.02 Å². The molecule has 26 heavy (non-hydrogen) atoms. The molecule has 1 fully saturated rings. The Morgan fingerprint density at radius 2 is 2.00 bits per heavy atom. The van der Waals surface area contributed by atoms with Crippen LogP contribution < -0.4 is 5.32 Å². The molecule has 0 spiro atoms. The SMILES string of the molecule is O=C(CNc1ccccc1Cl)N1CCCC[C@@H]1c1nc2ccccc2s1. The van der Waals surface area contributed by atoms with Crippen LogP contribution in [0.4, 0.5) is 5.69 Å². The fraction of sp³-hybridized carbons (Fsp3) is 0.300. The van der Waals surface area contributed by atoms with Crippen LogP contribution in [0.25, 0.3) is 10.2 Å². The fourth-order valence-corrected chi connectivity index (χ4v) is 4.71. The van der Waals surface area contributed by atoms with Gasteiger partial charge in [-0.1, -0.05) is 35.9 Å². The van der Waals surface area contributed by atoms with Crippen LogP contribution >= 0.6 is 22.9 Å². The van der Waals surface area contributed by atoms with E-state index in [4.69, 9.17) is 16.6 Å². The third-order valence-corrected chi connectivity index (χ3v) is 6.19. The molecule has 1 aliphatic rings. The second-order valence-electron chi connectivity index (χ2n) is 6.45. The van der Waals surface area contributed by atoms with Crippen molar-refractivity contribution in [3.05, 3.63) is 58.6 Å². The minimum absolute atomic E-state index is 0.0710. The number of hydrogen-bond acceptors (Lipinski definition) is 4. The fourth-order valence-electron chi connectivity index (χ4n) is 3.40. The van der Waals surface area contributed by atoms with E-state index in [0.717, 1.165) is 42.0 Å². The molecule has 1 aliphatic heterocycles. The molecule has 2 heterocycles. The van der Waals surface area contributed by atoms with Crippen LogP contribution in [0.15, 0.2) is 48.5 Å². The molecule has 134 valence electrons. The molecule has 1 atom stereocenters. The maximum Gasteiger partial charge on any atom is 0.242 e. The molecule has 6 heteroatoms. The van der Waals surface area contributed by atoms with Crippen molar-refractivity contribution < 1.29 is 4.79 Å². The van der Waals surface area contributed by atoms with Crippen LogP contribution in [0.3, 0.4) is 0 Å². The zero-order chi connectivity index (χ0) is 17.9. The summed E-state index contributed by atoms with van der Waals surface area (Å²) in [6.07, 6.45) is 3.14. The summed E-state index contributed by atoms with van der Waals surface area (Å²) in [5.74, 6) is 0.0916. The number of carbonyl (C=O) groups is 1. The molecule has 1 saturated heterocycles. The van der Waals surface area contributed by atoms with Crippen molar-refractivity contribution in [1.29, 1.82) is 0 Å². The number of para-hydroxylation sites is 2. The van der Waals surface area contributed by atoms with Crippen molar-refractivity contribution in [1.82, 2.24) is 9.88 Å². The molecule has 1 aromatic heterocycles. The first kappa shape index (κ1) is 17.3. The number of thiazole rings is 1. The Kier molecular flexibility index (Phi) is 5.09. The molecule has 0 saturated carbocycles. The van der Waals surface area contributed by atoms with E-state index in [2.05, 4.69) is 11.4 Å². The first-order valence-corrected chi connectivity index (χ1v) is 10.0. The van der Waals surface area contributed by atoms with Gasteiger partial charge in [-0.2, -0.15) is 0 Å². The van der Waals surface area contributed by atoms with Gasteiger partial charge in [0.1, 0.15) is 5.01 Å². The van der Waals surface area contributed by atoms with Gasteiger partial charge >= 0.3 is 0 Å². The van der Waals surface area contributed by atoms with Gasteiger partial charge in [0.05, 0.1) is 33.5 Å². The minimum Gasteiger partial charge on any atom is -0.375 e. The second-order valence-corrected chi connectivity index (χ2v) is 7.92. The molecule has 2 aromatic carbocycles. The van der Waals surface area contributed by atoms with Gasteiger partial charge < -0.3 is 10.2 Å². The standard InChI is InChI=1S/C20H20ClN3OS/c21-14-7-1-2-8-15(14)22-13-19(25)24-12-6-5-10-17(24)20-23-16-9-3-4-11-18(16)26-20/h1-4,7-9,11,17,22H,5-6,10,12-13H2/t17-/m1/s1. The largest absolute Gasteiger partial charge is 0.375 e. The van der Waals surface area contributed by atoms with Gasteiger partial charge in [0.15, 0.2) is 0 Å². The van der Waals surface area contributed by atoms with Gasteiger partial charge in [0, 0.05) is 6.54 Å². The average molecular weight is 386 g/mol. The summed E-state index contributed by atoms with van der Waals surface area (Å²) in [4.78, 5) is 19.6. The Hall–Kier alpha value is -2.11. The van der Waals surface area contributed by atoms with E-state index >= 15 is 0 Å². The lowest BCUT2D eigenvalue weighted by Crippen LogP contribution is -2.41. The van der Waals surface area contributed by atoms with Gasteiger partial charge in [-0.05, 0) is 43.5 Å². The number of piperidine rings is 1. The first-order chi connectivity index (χ1) is 12.7. The number of benzene rings is 2. The van der Waals surface area contributed by atoms with Crippen molar-refractivity contribution in [3.8, 4) is 0 Å². The molecule has 1 amide bonds. The molecule has 1 N–H and O–H groups in total. The number of likely N-dealkylation sites (tertiary alicyclic amines) is 1. The number of nitrogens with zero attached hydrogens (tertiary/aromatic N) is 2. The number of halogens is 1. The predicted octanol–water partition coefficient (Wildman–Crippen LogP) is 5.12. The maximum absolute atomic E-state index is 12.9. The van der Waals surface area contributed by atoms with Gasteiger partial charge in [-0.25, -0.2) is 4.98 Å². The lowest BCUT2D eigenvalue weighted by atomic mass is 10.0. The van der Waals surface area contributed by atoms with Crippen molar-refractivity contribution >= 4 is 44.7 Å². The van der Waals surface area contributed by atoms with E-state index in [1.807, 2.05) is 47.4 Å². The third kappa shape index (κ3) is 3.55.